The van der Waals surface area contributed by atoms with Crippen LogP contribution in [0.1, 0.15) is 43.2 Å². The number of rotatable bonds is 5. The number of carbonyl (C=O) groups is 2. The van der Waals surface area contributed by atoms with Gasteiger partial charge in [0.2, 0.25) is 11.8 Å². The Morgan fingerprint density at radius 2 is 1.95 bits per heavy atom. The molecule has 3 N–H and O–H groups in total. The van der Waals surface area contributed by atoms with Crippen molar-refractivity contribution in [1.29, 1.82) is 5.26 Å². The van der Waals surface area contributed by atoms with Crippen molar-refractivity contribution in [2.24, 2.45) is 11.7 Å². The van der Waals surface area contributed by atoms with E-state index in [0.717, 1.165) is 31.2 Å². The molecule has 1 saturated carbocycles. The normalized spacial score (nSPS) is 16.5. The van der Waals surface area contributed by atoms with Gasteiger partial charge in [0, 0.05) is 12.3 Å². The van der Waals surface area contributed by atoms with Gasteiger partial charge in [0.1, 0.15) is 6.04 Å². The van der Waals surface area contributed by atoms with Gasteiger partial charge in [0.15, 0.2) is 0 Å². The number of carbonyl (C=O) groups excluding carboxylic acids is 2. The Morgan fingerprint density at radius 3 is 2.59 bits per heavy atom. The topological polar surface area (TPSA) is 96.0 Å². The van der Waals surface area contributed by atoms with E-state index in [2.05, 4.69) is 11.4 Å². The number of amides is 2. The zero-order chi connectivity index (χ0) is 15.9. The minimum absolute atomic E-state index is 0.0261. The van der Waals surface area contributed by atoms with Gasteiger partial charge in [-0.25, -0.2) is 0 Å². The molecule has 5 heteroatoms. The third kappa shape index (κ3) is 4.08. The highest BCUT2D eigenvalue weighted by molar-refractivity contribution is 5.87. The maximum absolute atomic E-state index is 12.3. The fraction of sp³-hybridized carbons (Fsp3) is 0.471. The van der Waals surface area contributed by atoms with Crippen molar-refractivity contribution < 1.29 is 9.59 Å². The van der Waals surface area contributed by atoms with Crippen molar-refractivity contribution in [3.8, 4) is 6.07 Å². The standard InChI is InChI=1S/C17H21N3O2/c18-11-14-9-5-4-8-13(14)10-15(16(19)21)20-17(22)12-6-2-1-3-7-12/h4-5,8-9,12,15H,1-3,6-7,10H2,(H2,19,21)(H,20,22)/t15-/m1/s1. The lowest BCUT2D eigenvalue weighted by atomic mass is 9.88. The van der Waals surface area contributed by atoms with Gasteiger partial charge >= 0.3 is 0 Å². The molecule has 0 radical (unpaired) electrons. The van der Waals surface area contributed by atoms with Crippen molar-refractivity contribution in [1.82, 2.24) is 5.32 Å². The fourth-order valence-corrected chi connectivity index (χ4v) is 2.90. The minimum atomic E-state index is -0.774. The van der Waals surface area contributed by atoms with Crippen LogP contribution in [0.25, 0.3) is 0 Å². The average Bonchev–Trinajstić information content (AvgIpc) is 2.55. The molecule has 0 unspecified atom stereocenters. The lowest BCUT2D eigenvalue weighted by molar-refractivity contribution is -0.130. The maximum Gasteiger partial charge on any atom is 0.240 e. The molecule has 2 amide bonds. The number of nitrogens with two attached hydrogens (primary N) is 1. The van der Waals surface area contributed by atoms with Crippen LogP contribution in [0.2, 0.25) is 0 Å². The first-order valence-electron chi connectivity index (χ1n) is 7.69. The molecule has 1 aliphatic carbocycles. The van der Waals surface area contributed by atoms with Crippen molar-refractivity contribution >= 4 is 11.8 Å². The van der Waals surface area contributed by atoms with Crippen LogP contribution in [0, 0.1) is 17.2 Å². The van der Waals surface area contributed by atoms with E-state index in [1.54, 1.807) is 24.3 Å². The van der Waals surface area contributed by atoms with E-state index in [4.69, 9.17) is 11.0 Å². The molecule has 0 bridgehead atoms. The summed E-state index contributed by atoms with van der Waals surface area (Å²) in [4.78, 5) is 23.9. The first-order valence-corrected chi connectivity index (χ1v) is 7.69. The van der Waals surface area contributed by atoms with Crippen LogP contribution in [0.4, 0.5) is 0 Å². The highest BCUT2D eigenvalue weighted by Gasteiger charge is 2.26. The molecule has 1 atom stereocenters. The first-order chi connectivity index (χ1) is 10.6. The van der Waals surface area contributed by atoms with Crippen LogP contribution in [-0.4, -0.2) is 17.9 Å². The Hall–Kier alpha value is -2.35. The molecule has 0 heterocycles. The minimum Gasteiger partial charge on any atom is -0.368 e. The smallest absolute Gasteiger partial charge is 0.240 e. The van der Waals surface area contributed by atoms with Crippen molar-refractivity contribution in [2.75, 3.05) is 0 Å². The zero-order valence-electron chi connectivity index (χ0n) is 12.5. The number of benzene rings is 1. The number of hydrogen-bond acceptors (Lipinski definition) is 3. The quantitative estimate of drug-likeness (QED) is 0.865. The summed E-state index contributed by atoms with van der Waals surface area (Å²) < 4.78 is 0. The molecule has 1 aliphatic rings. The van der Waals surface area contributed by atoms with E-state index < -0.39 is 11.9 Å². The summed E-state index contributed by atoms with van der Waals surface area (Å²) in [7, 11) is 0. The van der Waals surface area contributed by atoms with Crippen LogP contribution in [0.15, 0.2) is 24.3 Å². The molecule has 1 aromatic carbocycles. The van der Waals surface area contributed by atoms with E-state index in [-0.39, 0.29) is 18.2 Å². The van der Waals surface area contributed by atoms with E-state index in [9.17, 15) is 9.59 Å². The average molecular weight is 299 g/mol. The third-order valence-electron chi connectivity index (χ3n) is 4.20. The maximum atomic E-state index is 12.3. The van der Waals surface area contributed by atoms with Gasteiger partial charge in [-0.05, 0) is 24.5 Å². The van der Waals surface area contributed by atoms with Gasteiger partial charge in [-0.3, -0.25) is 9.59 Å². The van der Waals surface area contributed by atoms with Crippen LogP contribution >= 0.6 is 0 Å². The summed E-state index contributed by atoms with van der Waals surface area (Å²) in [5, 5.41) is 11.9. The molecular weight excluding hydrogens is 278 g/mol. The fourth-order valence-electron chi connectivity index (χ4n) is 2.90. The summed E-state index contributed by atoms with van der Waals surface area (Å²) in [6.45, 7) is 0. The molecule has 0 aromatic heterocycles. The van der Waals surface area contributed by atoms with Gasteiger partial charge in [-0.1, -0.05) is 37.5 Å². The van der Waals surface area contributed by atoms with Crippen LogP contribution in [0.3, 0.4) is 0 Å². The lowest BCUT2D eigenvalue weighted by Crippen LogP contribution is -2.48. The molecule has 5 nitrogen and oxygen atoms in total. The molecule has 1 aromatic rings. The van der Waals surface area contributed by atoms with E-state index in [1.807, 2.05) is 0 Å². The highest BCUT2D eigenvalue weighted by atomic mass is 16.2. The number of primary amides is 1. The lowest BCUT2D eigenvalue weighted by Gasteiger charge is -2.23. The van der Waals surface area contributed by atoms with Crippen molar-refractivity contribution in [2.45, 2.75) is 44.6 Å². The molecule has 22 heavy (non-hydrogen) atoms. The highest BCUT2D eigenvalue weighted by Crippen LogP contribution is 2.24. The SMILES string of the molecule is N#Cc1ccccc1C[C@@H](NC(=O)C1CCCCC1)C(N)=O. The summed E-state index contributed by atoms with van der Waals surface area (Å²) in [6, 6.07) is 8.36. The second-order valence-corrected chi connectivity index (χ2v) is 5.77. The van der Waals surface area contributed by atoms with Gasteiger partial charge in [-0.2, -0.15) is 5.26 Å². The number of nitrogens with one attached hydrogen (secondary N) is 1. The Morgan fingerprint density at radius 1 is 1.27 bits per heavy atom. The van der Waals surface area contributed by atoms with Crippen molar-refractivity contribution in [3.05, 3.63) is 35.4 Å². The van der Waals surface area contributed by atoms with Crippen LogP contribution < -0.4 is 11.1 Å². The molecule has 0 spiro atoms. The predicted octanol–water partition coefficient (Wildman–Crippen LogP) is 1.65. The van der Waals surface area contributed by atoms with Gasteiger partial charge in [0.05, 0.1) is 11.6 Å². The number of nitriles is 1. The molecule has 116 valence electrons. The Labute approximate surface area is 130 Å². The molecule has 0 saturated heterocycles. The van der Waals surface area contributed by atoms with Crippen LogP contribution in [0.5, 0.6) is 0 Å². The first kappa shape index (κ1) is 16.0. The van der Waals surface area contributed by atoms with E-state index in [0.29, 0.717) is 5.56 Å². The van der Waals surface area contributed by atoms with E-state index >= 15 is 0 Å². The summed E-state index contributed by atoms with van der Waals surface area (Å²) in [5.74, 6) is -0.698. The largest absolute Gasteiger partial charge is 0.368 e. The Bertz CT molecular complexity index is 586. The molecular formula is C17H21N3O2. The van der Waals surface area contributed by atoms with Gasteiger partial charge < -0.3 is 11.1 Å². The monoisotopic (exact) mass is 299 g/mol. The number of hydrogen-bond donors (Lipinski definition) is 2. The van der Waals surface area contributed by atoms with E-state index in [1.165, 1.54) is 6.42 Å². The molecule has 1 fully saturated rings. The second-order valence-electron chi connectivity index (χ2n) is 5.77. The Kier molecular flexibility index (Phi) is 5.54. The zero-order valence-corrected chi connectivity index (χ0v) is 12.5. The van der Waals surface area contributed by atoms with Gasteiger partial charge in [0.25, 0.3) is 0 Å². The summed E-state index contributed by atoms with van der Waals surface area (Å²) in [5.41, 5.74) is 6.64. The molecule has 0 aliphatic heterocycles. The summed E-state index contributed by atoms with van der Waals surface area (Å²) >= 11 is 0. The Balaban J connectivity index is 2.05. The third-order valence-corrected chi connectivity index (χ3v) is 4.20. The van der Waals surface area contributed by atoms with Crippen molar-refractivity contribution in [3.63, 3.8) is 0 Å². The number of nitrogens with zero attached hydrogens (tertiary/aromatic N) is 1. The summed E-state index contributed by atoms with van der Waals surface area (Å²) in [6.07, 6.45) is 5.25. The predicted molar refractivity (Wildman–Crippen MR) is 82.6 cm³/mol. The van der Waals surface area contributed by atoms with Crippen LogP contribution in [-0.2, 0) is 16.0 Å². The van der Waals surface area contributed by atoms with Gasteiger partial charge in [-0.15, -0.1) is 0 Å². The second kappa shape index (κ2) is 7.60. The molecule has 2 rings (SSSR count).